The molecule has 1 rings (SSSR count). The maximum Gasteiger partial charge on any atom is 0.408 e. The van der Waals surface area contributed by atoms with Crippen LogP contribution >= 0.6 is 0 Å². The second kappa shape index (κ2) is 15.1. The van der Waals surface area contributed by atoms with Gasteiger partial charge in [0.25, 0.3) is 0 Å². The highest BCUT2D eigenvalue weighted by molar-refractivity contribution is 5.94. The van der Waals surface area contributed by atoms with Gasteiger partial charge in [0.2, 0.25) is 17.7 Å². The van der Waals surface area contributed by atoms with Crippen LogP contribution in [0.2, 0.25) is 0 Å². The highest BCUT2D eigenvalue weighted by Crippen LogP contribution is 2.26. The van der Waals surface area contributed by atoms with Crippen molar-refractivity contribution in [2.24, 2.45) is 5.73 Å². The van der Waals surface area contributed by atoms with Crippen molar-refractivity contribution in [1.29, 1.82) is 0 Å². The molecule has 0 aromatic heterocycles. The van der Waals surface area contributed by atoms with E-state index in [2.05, 4.69) is 10.6 Å². The van der Waals surface area contributed by atoms with Gasteiger partial charge in [-0.2, -0.15) is 0 Å². The molecule has 0 saturated heterocycles. The zero-order valence-electron chi connectivity index (χ0n) is 23.0. The van der Waals surface area contributed by atoms with Gasteiger partial charge >= 0.3 is 6.09 Å². The van der Waals surface area contributed by atoms with Crippen LogP contribution in [0.5, 0.6) is 5.75 Å². The molecular weight excluding hydrogens is 476 g/mol. The molecule has 3 atom stereocenters. The summed E-state index contributed by atoms with van der Waals surface area (Å²) in [5.41, 5.74) is 5.07. The molecule has 0 radical (unpaired) electrons. The Labute approximate surface area is 220 Å². The molecule has 0 aliphatic heterocycles. The number of nitrogens with two attached hydrogens (primary N) is 1. The van der Waals surface area contributed by atoms with Crippen LogP contribution < -0.4 is 16.4 Å². The average Bonchev–Trinajstić information content (AvgIpc) is 2.77. The van der Waals surface area contributed by atoms with Gasteiger partial charge in [-0.25, -0.2) is 4.79 Å². The van der Waals surface area contributed by atoms with E-state index in [-0.39, 0.29) is 18.3 Å². The molecule has 37 heavy (non-hydrogen) atoms. The van der Waals surface area contributed by atoms with E-state index in [9.17, 15) is 24.3 Å². The van der Waals surface area contributed by atoms with E-state index in [0.29, 0.717) is 12.0 Å². The van der Waals surface area contributed by atoms with Crippen LogP contribution in [-0.2, 0) is 19.1 Å². The number of hydrogen-bond acceptors (Lipinski definition) is 6. The van der Waals surface area contributed by atoms with Crippen LogP contribution in [0.15, 0.2) is 24.3 Å². The third kappa shape index (κ3) is 11.5. The van der Waals surface area contributed by atoms with Crippen LogP contribution in [-0.4, -0.2) is 58.1 Å². The number of alkyl carbamates (subject to hydrolysis) is 1. The fourth-order valence-electron chi connectivity index (χ4n) is 3.91. The Morgan fingerprint density at radius 1 is 1.03 bits per heavy atom. The highest BCUT2D eigenvalue weighted by atomic mass is 16.6. The number of phenolic OH excluding ortho intramolecular Hbond substituents is 1. The Bertz CT molecular complexity index is 897. The van der Waals surface area contributed by atoms with Crippen molar-refractivity contribution in [3.63, 3.8) is 0 Å². The quantitative estimate of drug-likeness (QED) is 0.276. The van der Waals surface area contributed by atoms with Crippen LogP contribution in [0.3, 0.4) is 0 Å². The maximum atomic E-state index is 13.9. The summed E-state index contributed by atoms with van der Waals surface area (Å²) < 4.78 is 5.28. The van der Waals surface area contributed by atoms with E-state index in [1.54, 1.807) is 32.9 Å². The van der Waals surface area contributed by atoms with Gasteiger partial charge in [0.15, 0.2) is 0 Å². The number of nitrogens with zero attached hydrogens (tertiary/aromatic N) is 1. The summed E-state index contributed by atoms with van der Waals surface area (Å²) in [6, 6.07) is 3.53. The number of rotatable bonds is 14. The molecular formula is C27H44N4O6. The summed E-state index contributed by atoms with van der Waals surface area (Å²) in [5, 5.41) is 15.2. The Morgan fingerprint density at radius 2 is 1.65 bits per heavy atom. The lowest BCUT2D eigenvalue weighted by atomic mass is 10.0. The number of ether oxygens (including phenoxy) is 1. The predicted molar refractivity (Wildman–Crippen MR) is 142 cm³/mol. The first-order chi connectivity index (χ1) is 17.3. The molecule has 0 aliphatic carbocycles. The largest absolute Gasteiger partial charge is 0.508 e. The van der Waals surface area contributed by atoms with E-state index >= 15 is 0 Å². The van der Waals surface area contributed by atoms with Gasteiger partial charge in [0, 0.05) is 12.6 Å². The molecule has 0 bridgehead atoms. The lowest BCUT2D eigenvalue weighted by Crippen LogP contribution is -2.54. The first-order valence-electron chi connectivity index (χ1n) is 13.0. The van der Waals surface area contributed by atoms with Crippen molar-refractivity contribution in [1.82, 2.24) is 15.5 Å². The van der Waals surface area contributed by atoms with E-state index in [1.165, 1.54) is 17.0 Å². The Hall–Kier alpha value is -3.30. The fraction of sp³-hybridized carbons (Fsp3) is 0.630. The van der Waals surface area contributed by atoms with Crippen molar-refractivity contribution in [2.45, 2.75) is 104 Å². The molecule has 0 heterocycles. The lowest BCUT2D eigenvalue weighted by molar-refractivity contribution is -0.143. The molecule has 0 spiro atoms. The van der Waals surface area contributed by atoms with Gasteiger partial charge < -0.3 is 31.1 Å². The summed E-state index contributed by atoms with van der Waals surface area (Å²) in [6.45, 7) is 11.2. The minimum absolute atomic E-state index is 0.0179. The monoisotopic (exact) mass is 520 g/mol. The van der Waals surface area contributed by atoms with Crippen molar-refractivity contribution in [3.8, 4) is 5.75 Å². The Balaban J connectivity index is 3.48. The van der Waals surface area contributed by atoms with Crippen molar-refractivity contribution < 1.29 is 29.0 Å². The zero-order valence-corrected chi connectivity index (χ0v) is 23.0. The molecule has 0 saturated carbocycles. The SMILES string of the molecule is CCCCCN(C(=O)C(CC(N)=O)NC(=O)OC(C)(C)C)C(C(=O)NC(C)CCC)c1ccc(O)cc1. The third-order valence-electron chi connectivity index (χ3n) is 5.56. The Kier molecular flexibility index (Phi) is 12.9. The molecule has 0 aliphatic rings. The van der Waals surface area contributed by atoms with Crippen molar-refractivity contribution in [3.05, 3.63) is 29.8 Å². The molecule has 5 N–H and O–H groups in total. The fourth-order valence-corrected chi connectivity index (χ4v) is 3.91. The normalized spacial score (nSPS) is 13.7. The number of unbranched alkanes of at least 4 members (excludes halogenated alkanes) is 2. The molecule has 4 amide bonds. The smallest absolute Gasteiger partial charge is 0.408 e. The Morgan fingerprint density at radius 3 is 2.16 bits per heavy atom. The number of carbonyl (C=O) groups is 4. The van der Waals surface area contributed by atoms with Gasteiger partial charge in [-0.15, -0.1) is 0 Å². The number of hydrogen-bond donors (Lipinski definition) is 4. The summed E-state index contributed by atoms with van der Waals surface area (Å²) in [7, 11) is 0. The van der Waals surface area contributed by atoms with Gasteiger partial charge in [-0.1, -0.05) is 45.2 Å². The number of phenols is 1. The summed E-state index contributed by atoms with van der Waals surface area (Å²) >= 11 is 0. The summed E-state index contributed by atoms with van der Waals surface area (Å²) in [4.78, 5) is 53.2. The lowest BCUT2D eigenvalue weighted by Gasteiger charge is -2.35. The minimum Gasteiger partial charge on any atom is -0.508 e. The number of benzene rings is 1. The topological polar surface area (TPSA) is 151 Å². The van der Waals surface area contributed by atoms with Crippen LogP contribution in [0, 0.1) is 0 Å². The van der Waals surface area contributed by atoms with E-state index in [0.717, 1.165) is 25.7 Å². The maximum absolute atomic E-state index is 13.9. The highest BCUT2D eigenvalue weighted by Gasteiger charge is 2.37. The number of amides is 4. The minimum atomic E-state index is -1.32. The molecule has 208 valence electrons. The van der Waals surface area contributed by atoms with Gasteiger partial charge in [-0.05, 0) is 58.2 Å². The van der Waals surface area contributed by atoms with Crippen molar-refractivity contribution in [2.75, 3.05) is 6.54 Å². The summed E-state index contributed by atoms with van der Waals surface area (Å²) in [6.07, 6.45) is 2.57. The molecule has 0 fully saturated rings. The predicted octanol–water partition coefficient (Wildman–Crippen LogP) is 3.53. The standard InChI is InChI=1S/C27H44N4O6/c1-7-9-10-16-31(25(35)21(17-22(28)33)30-26(36)37-27(4,5)6)23(19-12-14-20(32)15-13-19)24(34)29-18(3)11-8-2/h12-15,18,21,23,32H,7-11,16-17H2,1-6H3,(H2,28,33)(H,29,34)(H,30,36). The zero-order chi connectivity index (χ0) is 28.2. The molecule has 1 aromatic rings. The van der Waals surface area contributed by atoms with Crippen molar-refractivity contribution >= 4 is 23.8 Å². The third-order valence-corrected chi connectivity index (χ3v) is 5.56. The number of primary amides is 1. The first-order valence-corrected chi connectivity index (χ1v) is 13.0. The van der Waals surface area contributed by atoms with Crippen LogP contribution in [0.4, 0.5) is 4.79 Å². The van der Waals surface area contributed by atoms with E-state index in [1.807, 2.05) is 20.8 Å². The second-order valence-electron chi connectivity index (χ2n) is 10.3. The number of nitrogens with one attached hydrogen (secondary N) is 2. The van der Waals surface area contributed by atoms with Crippen LogP contribution in [0.25, 0.3) is 0 Å². The van der Waals surface area contributed by atoms with E-state index in [4.69, 9.17) is 10.5 Å². The number of aromatic hydroxyl groups is 1. The summed E-state index contributed by atoms with van der Waals surface area (Å²) in [5.74, 6) is -1.79. The van der Waals surface area contributed by atoms with Gasteiger partial charge in [0.1, 0.15) is 23.4 Å². The molecule has 3 unspecified atom stereocenters. The number of carbonyl (C=O) groups excluding carboxylic acids is 4. The second-order valence-corrected chi connectivity index (χ2v) is 10.3. The van der Waals surface area contributed by atoms with Crippen LogP contribution in [0.1, 0.15) is 91.7 Å². The first kappa shape index (κ1) is 31.7. The average molecular weight is 521 g/mol. The van der Waals surface area contributed by atoms with Gasteiger partial charge in [-0.3, -0.25) is 14.4 Å². The molecule has 1 aromatic carbocycles. The van der Waals surface area contributed by atoms with Gasteiger partial charge in [0.05, 0.1) is 6.42 Å². The molecule has 10 nitrogen and oxygen atoms in total. The molecule has 10 heteroatoms. The van der Waals surface area contributed by atoms with E-state index < -0.39 is 47.9 Å².